The van der Waals surface area contributed by atoms with E-state index in [1.165, 1.54) is 19.3 Å². The van der Waals surface area contributed by atoms with E-state index in [-0.39, 0.29) is 0 Å². The molecule has 2 atom stereocenters. The highest BCUT2D eigenvalue weighted by Gasteiger charge is 2.24. The predicted molar refractivity (Wildman–Crippen MR) is 76.7 cm³/mol. The SMILES string of the molecule is CC(C)c1nn(C)c(NCC2CCCC2C)c1N. The van der Waals surface area contributed by atoms with Crippen LogP contribution >= 0.6 is 0 Å². The summed E-state index contributed by atoms with van der Waals surface area (Å²) in [6.07, 6.45) is 4.07. The quantitative estimate of drug-likeness (QED) is 0.863. The summed E-state index contributed by atoms with van der Waals surface area (Å²) in [4.78, 5) is 0. The maximum absolute atomic E-state index is 6.18. The molecule has 4 heteroatoms. The number of hydrogen-bond donors (Lipinski definition) is 2. The molecule has 18 heavy (non-hydrogen) atoms. The van der Waals surface area contributed by atoms with Crippen LogP contribution in [0.3, 0.4) is 0 Å². The molecule has 3 N–H and O–H groups in total. The Morgan fingerprint density at radius 1 is 1.44 bits per heavy atom. The Bertz CT molecular complexity index is 408. The summed E-state index contributed by atoms with van der Waals surface area (Å²) in [5.41, 5.74) is 8.00. The Balaban J connectivity index is 2.05. The molecule has 1 heterocycles. The van der Waals surface area contributed by atoms with Gasteiger partial charge in [-0.25, -0.2) is 0 Å². The Morgan fingerprint density at radius 2 is 2.17 bits per heavy atom. The lowest BCUT2D eigenvalue weighted by Gasteiger charge is -2.17. The monoisotopic (exact) mass is 250 g/mol. The van der Waals surface area contributed by atoms with Crippen LogP contribution in [0.1, 0.15) is 51.6 Å². The molecule has 0 bridgehead atoms. The topological polar surface area (TPSA) is 55.9 Å². The van der Waals surface area contributed by atoms with E-state index in [9.17, 15) is 0 Å². The molecule has 1 saturated carbocycles. The first-order chi connectivity index (χ1) is 8.50. The molecule has 0 saturated heterocycles. The van der Waals surface area contributed by atoms with Gasteiger partial charge >= 0.3 is 0 Å². The minimum absolute atomic E-state index is 0.372. The maximum Gasteiger partial charge on any atom is 0.147 e. The Labute approximate surface area is 110 Å². The molecule has 1 fully saturated rings. The van der Waals surface area contributed by atoms with Crippen LogP contribution in [0, 0.1) is 11.8 Å². The fraction of sp³-hybridized carbons (Fsp3) is 0.786. The zero-order chi connectivity index (χ0) is 13.3. The number of rotatable bonds is 4. The number of hydrogen-bond acceptors (Lipinski definition) is 3. The second kappa shape index (κ2) is 5.21. The largest absolute Gasteiger partial charge is 0.394 e. The molecule has 0 aromatic carbocycles. The van der Waals surface area contributed by atoms with Crippen LogP contribution in [-0.2, 0) is 7.05 Å². The van der Waals surface area contributed by atoms with E-state index in [1.807, 2.05) is 11.7 Å². The van der Waals surface area contributed by atoms with Crippen LogP contribution in [0.2, 0.25) is 0 Å². The van der Waals surface area contributed by atoms with E-state index < -0.39 is 0 Å². The second-order valence-electron chi connectivity index (χ2n) is 5.97. The van der Waals surface area contributed by atoms with Gasteiger partial charge in [0.15, 0.2) is 0 Å². The molecule has 1 aliphatic carbocycles. The third-order valence-corrected chi connectivity index (χ3v) is 4.23. The van der Waals surface area contributed by atoms with Crippen LogP contribution < -0.4 is 11.1 Å². The summed E-state index contributed by atoms with van der Waals surface area (Å²) < 4.78 is 1.88. The molecule has 0 aliphatic heterocycles. The van der Waals surface area contributed by atoms with Gasteiger partial charge in [-0.05, 0) is 24.2 Å². The van der Waals surface area contributed by atoms with E-state index in [1.54, 1.807) is 0 Å². The first-order valence-corrected chi connectivity index (χ1v) is 7.07. The highest BCUT2D eigenvalue weighted by molar-refractivity contribution is 5.65. The van der Waals surface area contributed by atoms with E-state index in [2.05, 4.69) is 31.2 Å². The number of aromatic nitrogens is 2. The summed E-state index contributed by atoms with van der Waals surface area (Å²) in [7, 11) is 1.96. The normalized spacial score (nSPS) is 23.8. The summed E-state index contributed by atoms with van der Waals surface area (Å²) in [5.74, 6) is 2.97. The van der Waals surface area contributed by atoms with Gasteiger partial charge in [0.1, 0.15) is 5.82 Å². The van der Waals surface area contributed by atoms with Crippen molar-refractivity contribution < 1.29 is 0 Å². The molecular weight excluding hydrogens is 224 g/mol. The van der Waals surface area contributed by atoms with Crippen molar-refractivity contribution >= 4 is 11.5 Å². The summed E-state index contributed by atoms with van der Waals surface area (Å²) >= 11 is 0. The van der Waals surface area contributed by atoms with Crippen LogP contribution in [0.25, 0.3) is 0 Å². The molecule has 0 amide bonds. The minimum atomic E-state index is 0.372. The van der Waals surface area contributed by atoms with E-state index in [0.29, 0.717) is 5.92 Å². The van der Waals surface area contributed by atoms with Crippen molar-refractivity contribution in [2.45, 2.75) is 46.0 Å². The van der Waals surface area contributed by atoms with Gasteiger partial charge in [0, 0.05) is 13.6 Å². The smallest absolute Gasteiger partial charge is 0.147 e. The van der Waals surface area contributed by atoms with Crippen molar-refractivity contribution in [1.29, 1.82) is 0 Å². The van der Waals surface area contributed by atoms with Gasteiger partial charge in [0.25, 0.3) is 0 Å². The fourth-order valence-electron chi connectivity index (χ4n) is 2.95. The lowest BCUT2D eigenvalue weighted by atomic mass is 9.98. The van der Waals surface area contributed by atoms with Crippen molar-refractivity contribution in [2.75, 3.05) is 17.6 Å². The zero-order valence-electron chi connectivity index (χ0n) is 12.0. The van der Waals surface area contributed by atoms with Gasteiger partial charge in [-0.3, -0.25) is 4.68 Å². The average molecular weight is 250 g/mol. The van der Waals surface area contributed by atoms with Gasteiger partial charge in [-0.15, -0.1) is 0 Å². The summed E-state index contributed by atoms with van der Waals surface area (Å²) in [5, 5.41) is 8.01. The molecule has 2 unspecified atom stereocenters. The molecule has 1 aliphatic rings. The lowest BCUT2D eigenvalue weighted by Crippen LogP contribution is -2.18. The van der Waals surface area contributed by atoms with E-state index >= 15 is 0 Å². The molecule has 0 radical (unpaired) electrons. The third-order valence-electron chi connectivity index (χ3n) is 4.23. The first-order valence-electron chi connectivity index (χ1n) is 7.07. The molecule has 1 aromatic rings. The van der Waals surface area contributed by atoms with Crippen LogP contribution in [-0.4, -0.2) is 16.3 Å². The fourth-order valence-corrected chi connectivity index (χ4v) is 2.95. The molecule has 4 nitrogen and oxygen atoms in total. The lowest BCUT2D eigenvalue weighted by molar-refractivity contribution is 0.438. The number of aryl methyl sites for hydroxylation is 1. The van der Waals surface area contributed by atoms with Crippen molar-refractivity contribution in [2.24, 2.45) is 18.9 Å². The Kier molecular flexibility index (Phi) is 3.83. The summed E-state index contributed by atoms with van der Waals surface area (Å²) in [6.45, 7) is 7.62. The Morgan fingerprint density at radius 3 is 2.67 bits per heavy atom. The molecule has 2 rings (SSSR count). The van der Waals surface area contributed by atoms with Crippen LogP contribution in [0.4, 0.5) is 11.5 Å². The van der Waals surface area contributed by atoms with Crippen molar-refractivity contribution in [3.63, 3.8) is 0 Å². The van der Waals surface area contributed by atoms with E-state index in [4.69, 9.17) is 5.73 Å². The zero-order valence-corrected chi connectivity index (χ0v) is 12.0. The maximum atomic E-state index is 6.18. The molecule has 1 aromatic heterocycles. The van der Waals surface area contributed by atoms with Gasteiger partial charge in [-0.2, -0.15) is 5.10 Å². The first kappa shape index (κ1) is 13.2. The number of nitrogen functional groups attached to an aromatic ring is 1. The van der Waals surface area contributed by atoms with Gasteiger partial charge in [0.05, 0.1) is 11.4 Å². The van der Waals surface area contributed by atoms with Crippen molar-refractivity contribution in [1.82, 2.24) is 9.78 Å². The Hall–Kier alpha value is -1.19. The van der Waals surface area contributed by atoms with Gasteiger partial charge in [0.2, 0.25) is 0 Å². The number of anilines is 2. The number of nitrogens with two attached hydrogens (primary N) is 1. The second-order valence-corrected chi connectivity index (χ2v) is 5.97. The standard InChI is InChI=1S/C14H26N4/c1-9(2)13-12(15)14(18(4)17-13)16-8-11-7-5-6-10(11)3/h9-11,16H,5-8,15H2,1-4H3. The highest BCUT2D eigenvalue weighted by Crippen LogP contribution is 2.33. The average Bonchev–Trinajstić information content (AvgIpc) is 2.82. The van der Waals surface area contributed by atoms with Crippen LogP contribution in [0.5, 0.6) is 0 Å². The van der Waals surface area contributed by atoms with Crippen molar-refractivity contribution in [3.05, 3.63) is 5.69 Å². The molecule has 102 valence electrons. The van der Waals surface area contributed by atoms with Crippen LogP contribution in [0.15, 0.2) is 0 Å². The van der Waals surface area contributed by atoms with E-state index in [0.717, 1.165) is 35.6 Å². The predicted octanol–water partition coefficient (Wildman–Crippen LogP) is 2.97. The minimum Gasteiger partial charge on any atom is -0.394 e. The van der Waals surface area contributed by atoms with Gasteiger partial charge in [-0.1, -0.05) is 33.6 Å². The molecule has 0 spiro atoms. The van der Waals surface area contributed by atoms with Crippen molar-refractivity contribution in [3.8, 4) is 0 Å². The number of nitrogens with zero attached hydrogens (tertiary/aromatic N) is 2. The van der Waals surface area contributed by atoms with Gasteiger partial charge < -0.3 is 11.1 Å². The summed E-state index contributed by atoms with van der Waals surface area (Å²) in [6, 6.07) is 0. The third kappa shape index (κ3) is 2.47. The molecular formula is C14H26N4. The number of nitrogens with one attached hydrogen (secondary N) is 1. The highest BCUT2D eigenvalue weighted by atomic mass is 15.3.